The summed E-state index contributed by atoms with van der Waals surface area (Å²) in [6.07, 6.45) is 0.511. The van der Waals surface area contributed by atoms with Gasteiger partial charge in [-0.25, -0.2) is 5.84 Å². The van der Waals surface area contributed by atoms with Crippen LogP contribution >= 0.6 is 0 Å². The van der Waals surface area contributed by atoms with Gasteiger partial charge in [0.2, 0.25) is 0 Å². The fourth-order valence-corrected chi connectivity index (χ4v) is 1.98. The van der Waals surface area contributed by atoms with Crippen LogP contribution in [0.4, 0.5) is 0 Å². The Labute approximate surface area is 115 Å². The summed E-state index contributed by atoms with van der Waals surface area (Å²) in [7, 11) is 1.51. The summed E-state index contributed by atoms with van der Waals surface area (Å²) in [5, 5.41) is 1.05. The average molecular weight is 263 g/mol. The van der Waals surface area contributed by atoms with E-state index in [2.05, 4.69) is 39.0 Å². The van der Waals surface area contributed by atoms with Crippen LogP contribution in [0.15, 0.2) is 18.2 Å². The topological polar surface area (TPSA) is 72.4 Å². The number of likely N-dealkylation sites (N-methyl/N-ethyl adjacent to an activating group) is 1. The molecule has 4 nitrogen and oxygen atoms in total. The summed E-state index contributed by atoms with van der Waals surface area (Å²) in [5.41, 5.74) is 9.53. The van der Waals surface area contributed by atoms with E-state index in [1.54, 1.807) is 0 Å². The molecule has 1 amide bonds. The lowest BCUT2D eigenvalue weighted by Crippen LogP contribution is -2.46. The summed E-state index contributed by atoms with van der Waals surface area (Å²) < 4.78 is 0. The lowest BCUT2D eigenvalue weighted by atomic mass is 9.85. The second-order valence-corrected chi connectivity index (χ2v) is 6.15. The van der Waals surface area contributed by atoms with Gasteiger partial charge in [0.1, 0.15) is 0 Å². The highest BCUT2D eigenvalue weighted by molar-refractivity contribution is 5.81. The molecule has 1 rings (SSSR count). The maximum absolute atomic E-state index is 11.7. The fraction of sp³-hybridized carbons (Fsp3) is 0.533. The molecule has 0 radical (unpaired) electrons. The highest BCUT2D eigenvalue weighted by Gasteiger charge is 2.19. The first-order valence-electron chi connectivity index (χ1n) is 6.50. The van der Waals surface area contributed by atoms with Crippen molar-refractivity contribution in [2.45, 2.75) is 45.6 Å². The number of hydrogen-bond acceptors (Lipinski definition) is 3. The molecule has 19 heavy (non-hydrogen) atoms. The molecule has 1 aromatic rings. The quantitative estimate of drug-likeness (QED) is 0.493. The van der Waals surface area contributed by atoms with Gasteiger partial charge in [-0.2, -0.15) is 0 Å². The highest BCUT2D eigenvalue weighted by Crippen LogP contribution is 2.24. The van der Waals surface area contributed by atoms with E-state index in [-0.39, 0.29) is 11.3 Å². The molecule has 0 fully saturated rings. The summed E-state index contributed by atoms with van der Waals surface area (Å²) in [6, 6.07) is 5.73. The molecule has 1 aromatic carbocycles. The van der Waals surface area contributed by atoms with Crippen LogP contribution < -0.4 is 11.6 Å². The van der Waals surface area contributed by atoms with Gasteiger partial charge < -0.3 is 5.73 Å². The van der Waals surface area contributed by atoms with E-state index in [0.717, 1.165) is 16.1 Å². The van der Waals surface area contributed by atoms with Crippen molar-refractivity contribution in [3.05, 3.63) is 34.9 Å². The third kappa shape index (κ3) is 4.04. The number of amides is 1. The molecule has 4 heteroatoms. The van der Waals surface area contributed by atoms with Gasteiger partial charge in [0, 0.05) is 7.05 Å². The summed E-state index contributed by atoms with van der Waals surface area (Å²) in [4.78, 5) is 11.7. The predicted molar refractivity (Wildman–Crippen MR) is 78.5 cm³/mol. The first-order chi connectivity index (χ1) is 8.62. The van der Waals surface area contributed by atoms with Crippen molar-refractivity contribution < 1.29 is 4.79 Å². The van der Waals surface area contributed by atoms with E-state index >= 15 is 0 Å². The second-order valence-electron chi connectivity index (χ2n) is 6.15. The Morgan fingerprint density at radius 3 is 2.37 bits per heavy atom. The molecule has 0 aromatic heterocycles. The molecule has 0 spiro atoms. The first kappa shape index (κ1) is 15.7. The second kappa shape index (κ2) is 5.72. The lowest BCUT2D eigenvalue weighted by molar-refractivity contribution is -0.131. The van der Waals surface area contributed by atoms with Crippen LogP contribution in [0.1, 0.15) is 37.5 Å². The molecule has 0 aliphatic heterocycles. The predicted octanol–water partition coefficient (Wildman–Crippen LogP) is 1.49. The Morgan fingerprint density at radius 2 is 1.95 bits per heavy atom. The number of carbonyl (C=O) groups excluding carboxylic acids is 1. The fourth-order valence-electron chi connectivity index (χ4n) is 1.98. The number of hydrazine groups is 1. The van der Waals surface area contributed by atoms with Crippen LogP contribution in [-0.4, -0.2) is 24.0 Å². The third-order valence-corrected chi connectivity index (χ3v) is 3.31. The summed E-state index contributed by atoms with van der Waals surface area (Å²) in [6.45, 7) is 8.59. The van der Waals surface area contributed by atoms with Gasteiger partial charge in [0.25, 0.3) is 5.91 Å². The molecular formula is C15H25N3O. The molecule has 4 N–H and O–H groups in total. The van der Waals surface area contributed by atoms with Crippen LogP contribution in [0.5, 0.6) is 0 Å². The zero-order chi connectivity index (χ0) is 14.8. The van der Waals surface area contributed by atoms with Gasteiger partial charge in [0.05, 0.1) is 6.04 Å². The normalized spacial score (nSPS) is 13.2. The van der Waals surface area contributed by atoms with Gasteiger partial charge in [-0.05, 0) is 35.4 Å². The van der Waals surface area contributed by atoms with E-state index < -0.39 is 6.04 Å². The summed E-state index contributed by atoms with van der Waals surface area (Å²) in [5.74, 6) is 5.16. The number of nitrogens with zero attached hydrogens (tertiary/aromatic N) is 1. The van der Waals surface area contributed by atoms with Crippen LogP contribution in [0.25, 0.3) is 0 Å². The van der Waals surface area contributed by atoms with E-state index in [1.807, 2.05) is 6.92 Å². The van der Waals surface area contributed by atoms with Crippen molar-refractivity contribution in [1.29, 1.82) is 0 Å². The number of rotatable bonds is 3. The minimum absolute atomic E-state index is 0.124. The van der Waals surface area contributed by atoms with Crippen molar-refractivity contribution in [3.63, 3.8) is 0 Å². The maximum atomic E-state index is 11.7. The molecule has 0 aliphatic carbocycles. The van der Waals surface area contributed by atoms with Crippen molar-refractivity contribution in [3.8, 4) is 0 Å². The zero-order valence-electron chi connectivity index (χ0n) is 12.5. The number of hydrogen-bond donors (Lipinski definition) is 2. The molecule has 1 unspecified atom stereocenters. The van der Waals surface area contributed by atoms with E-state index in [9.17, 15) is 4.79 Å². The molecule has 106 valence electrons. The minimum atomic E-state index is -0.589. The number of benzene rings is 1. The van der Waals surface area contributed by atoms with E-state index in [0.29, 0.717) is 6.42 Å². The largest absolute Gasteiger partial charge is 0.320 e. The zero-order valence-corrected chi connectivity index (χ0v) is 12.5. The van der Waals surface area contributed by atoms with Gasteiger partial charge in [-0.15, -0.1) is 0 Å². The van der Waals surface area contributed by atoms with Crippen LogP contribution in [0.2, 0.25) is 0 Å². The molecule has 0 saturated carbocycles. The summed E-state index contributed by atoms with van der Waals surface area (Å²) >= 11 is 0. The van der Waals surface area contributed by atoms with Crippen molar-refractivity contribution in [1.82, 2.24) is 5.01 Å². The Balaban J connectivity index is 2.90. The Hall–Kier alpha value is -1.39. The van der Waals surface area contributed by atoms with Crippen molar-refractivity contribution >= 4 is 5.91 Å². The van der Waals surface area contributed by atoms with Crippen molar-refractivity contribution in [2.24, 2.45) is 11.6 Å². The molecule has 0 saturated heterocycles. The third-order valence-electron chi connectivity index (χ3n) is 3.31. The number of aryl methyl sites for hydroxylation is 1. The first-order valence-corrected chi connectivity index (χ1v) is 6.50. The average Bonchev–Trinajstić information content (AvgIpc) is 2.29. The van der Waals surface area contributed by atoms with E-state index in [1.165, 1.54) is 12.6 Å². The van der Waals surface area contributed by atoms with Gasteiger partial charge in [-0.1, -0.05) is 39.0 Å². The molecular weight excluding hydrogens is 238 g/mol. The van der Waals surface area contributed by atoms with E-state index in [4.69, 9.17) is 11.6 Å². The standard InChI is InChI=1S/C15H25N3O/c1-10-8-12(15(2,3)4)7-6-11(10)9-13(16)14(19)18(5)17/h6-8,13H,9,16-17H2,1-5H3. The van der Waals surface area contributed by atoms with Gasteiger partial charge in [-0.3, -0.25) is 9.80 Å². The minimum Gasteiger partial charge on any atom is -0.320 e. The molecule has 0 aliphatic rings. The smallest absolute Gasteiger partial charge is 0.253 e. The number of nitrogens with two attached hydrogens (primary N) is 2. The molecule has 0 bridgehead atoms. The van der Waals surface area contributed by atoms with Gasteiger partial charge in [0.15, 0.2) is 0 Å². The Bertz CT molecular complexity index is 461. The lowest BCUT2D eigenvalue weighted by Gasteiger charge is -2.22. The Kier molecular flexibility index (Phi) is 4.71. The van der Waals surface area contributed by atoms with Gasteiger partial charge >= 0.3 is 0 Å². The SMILES string of the molecule is Cc1cc(C(C)(C)C)ccc1CC(N)C(=O)N(C)N. The molecule has 0 heterocycles. The molecule has 1 atom stereocenters. The number of carbonyl (C=O) groups is 1. The van der Waals surface area contributed by atoms with Crippen LogP contribution in [-0.2, 0) is 16.6 Å². The van der Waals surface area contributed by atoms with Crippen LogP contribution in [0, 0.1) is 6.92 Å². The maximum Gasteiger partial charge on any atom is 0.253 e. The highest BCUT2D eigenvalue weighted by atomic mass is 16.2. The monoisotopic (exact) mass is 263 g/mol. The van der Waals surface area contributed by atoms with Crippen molar-refractivity contribution in [2.75, 3.05) is 7.05 Å². The Morgan fingerprint density at radius 1 is 1.37 bits per heavy atom. The van der Waals surface area contributed by atoms with Crippen LogP contribution in [0.3, 0.4) is 0 Å².